The number of fused-ring (bicyclic) bond motifs is 1. The molecule has 0 radical (unpaired) electrons. The fraction of sp³-hybridized carbons (Fsp3) is 0.462. The van der Waals surface area contributed by atoms with Gasteiger partial charge in [0.15, 0.2) is 11.9 Å². The predicted octanol–water partition coefficient (Wildman–Crippen LogP) is 0.216. The van der Waals surface area contributed by atoms with E-state index in [0.29, 0.717) is 24.3 Å². The molecule has 0 aliphatic carbocycles. The second-order valence-corrected chi connectivity index (χ2v) is 9.90. The number of hydrogen-bond acceptors (Lipinski definition) is 11. The van der Waals surface area contributed by atoms with Crippen LogP contribution in [-0.2, 0) is 26.3 Å². The number of halogens is 1. The lowest BCUT2D eigenvalue weighted by atomic mass is 9.92. The van der Waals surface area contributed by atoms with E-state index in [4.69, 9.17) is 20.9 Å². The molecule has 3 heterocycles. The lowest BCUT2D eigenvalue weighted by molar-refractivity contribution is -0.159. The van der Waals surface area contributed by atoms with Crippen molar-refractivity contribution in [2.75, 3.05) is 18.5 Å². The lowest BCUT2D eigenvalue weighted by Crippen LogP contribution is -2.46. The molecule has 1 aliphatic rings. The Bertz CT molecular complexity index is 1340. The normalized spacial score (nSPS) is 24.4. The molecule has 0 unspecified atom stereocenters. The lowest BCUT2D eigenvalue weighted by Gasteiger charge is -2.25. The van der Waals surface area contributed by atoms with E-state index in [1.165, 1.54) is 23.0 Å². The Hall–Kier alpha value is -3.67. The zero-order valence-corrected chi connectivity index (χ0v) is 21.6. The number of hydrogen-bond donors (Lipinski definition) is 5. The van der Waals surface area contributed by atoms with E-state index in [1.807, 2.05) is 6.07 Å². The van der Waals surface area contributed by atoms with Gasteiger partial charge in [-0.1, -0.05) is 26.0 Å². The van der Waals surface area contributed by atoms with E-state index in [9.17, 15) is 24.7 Å². The predicted molar refractivity (Wildman–Crippen MR) is 138 cm³/mol. The number of aliphatic hydroxyl groups excluding tert-OH is 2. The molecule has 0 bridgehead atoms. The van der Waals surface area contributed by atoms with E-state index >= 15 is 0 Å². The first-order chi connectivity index (χ1) is 18.6. The van der Waals surface area contributed by atoms with Gasteiger partial charge in [-0.05, 0) is 42.2 Å². The molecule has 7 N–H and O–H groups in total. The molecule has 0 saturated carbocycles. The molecule has 4 rings (SSSR count). The van der Waals surface area contributed by atoms with E-state index < -0.39 is 42.5 Å². The molecular formula is C26H32FN7O5. The van der Waals surface area contributed by atoms with Crippen molar-refractivity contribution in [1.29, 1.82) is 5.26 Å². The van der Waals surface area contributed by atoms with Gasteiger partial charge >= 0.3 is 5.97 Å². The first-order valence-electron chi connectivity index (χ1n) is 12.5. The standard InChI is InChI=1S/C26H32FN7O5/c1-14(2)21(30)25(37)38-22-19(11-35)39-26(12-28,23(22)36)20-8-7-18-24(32-13-33-34(18)20)31-10-17(29)9-15-3-5-16(27)6-4-15/h3-8,13-14,17,19,21-23,35-36H,9-11,29-30H2,1-2H3,(H,31,32,33)/t17-,19+,21-,22+,23+,26-/m0/s1. The highest BCUT2D eigenvalue weighted by atomic mass is 19.1. The van der Waals surface area contributed by atoms with Crippen molar-refractivity contribution in [3.63, 3.8) is 0 Å². The maximum Gasteiger partial charge on any atom is 0.323 e. The zero-order valence-electron chi connectivity index (χ0n) is 21.6. The summed E-state index contributed by atoms with van der Waals surface area (Å²) in [6.07, 6.45) is -2.42. The van der Waals surface area contributed by atoms with Gasteiger partial charge in [0.25, 0.3) is 0 Å². The Morgan fingerprint density at radius 3 is 2.67 bits per heavy atom. The highest BCUT2D eigenvalue weighted by Gasteiger charge is 2.59. The van der Waals surface area contributed by atoms with E-state index in [0.717, 1.165) is 5.56 Å². The number of nitrogens with one attached hydrogen (secondary N) is 1. The Morgan fingerprint density at radius 2 is 2.03 bits per heavy atom. The van der Waals surface area contributed by atoms with Gasteiger partial charge in [0.05, 0.1) is 12.3 Å². The second kappa shape index (κ2) is 11.6. The van der Waals surface area contributed by atoms with Gasteiger partial charge < -0.3 is 36.5 Å². The number of ether oxygens (including phenoxy) is 2. The molecule has 0 spiro atoms. The van der Waals surface area contributed by atoms with Crippen LogP contribution in [0.25, 0.3) is 5.52 Å². The quantitative estimate of drug-likeness (QED) is 0.220. The molecule has 6 atom stereocenters. The highest BCUT2D eigenvalue weighted by Crippen LogP contribution is 2.41. The largest absolute Gasteiger partial charge is 0.455 e. The SMILES string of the molecule is CC(C)[C@H](N)C(=O)O[C@H]1[C@@H](O)[C@](C#N)(c2ccc3c(NC[C@@H](N)Cc4ccc(F)cc4)ncnn23)O[C@@H]1CO. The van der Waals surface area contributed by atoms with Gasteiger partial charge in [0.2, 0.25) is 5.60 Å². The van der Waals surface area contributed by atoms with Crippen molar-refractivity contribution in [1.82, 2.24) is 14.6 Å². The minimum Gasteiger partial charge on any atom is -0.455 e. The third-order valence-corrected chi connectivity index (χ3v) is 6.80. The molecule has 1 aromatic carbocycles. The summed E-state index contributed by atoms with van der Waals surface area (Å²) in [6.45, 7) is 3.19. The smallest absolute Gasteiger partial charge is 0.323 e. The number of rotatable bonds is 10. The molecule has 13 heteroatoms. The van der Waals surface area contributed by atoms with Crippen LogP contribution in [0.15, 0.2) is 42.7 Å². The van der Waals surface area contributed by atoms with Crippen molar-refractivity contribution in [2.24, 2.45) is 17.4 Å². The average molecular weight is 542 g/mol. The van der Waals surface area contributed by atoms with E-state index in [2.05, 4.69) is 15.4 Å². The minimum atomic E-state index is -2.02. The maximum atomic E-state index is 13.2. The van der Waals surface area contributed by atoms with Crippen LogP contribution in [0.2, 0.25) is 0 Å². The fourth-order valence-corrected chi connectivity index (χ4v) is 4.51. The number of anilines is 1. The van der Waals surface area contributed by atoms with E-state index in [-0.39, 0.29) is 23.5 Å². The Balaban J connectivity index is 1.56. The van der Waals surface area contributed by atoms with Gasteiger partial charge in [-0.3, -0.25) is 4.79 Å². The highest BCUT2D eigenvalue weighted by molar-refractivity contribution is 5.76. The van der Waals surface area contributed by atoms with Crippen molar-refractivity contribution in [3.05, 3.63) is 59.8 Å². The number of aliphatic hydroxyl groups is 2. The first kappa shape index (κ1) is 28.3. The van der Waals surface area contributed by atoms with Crippen LogP contribution >= 0.6 is 0 Å². The Morgan fingerprint density at radius 1 is 1.31 bits per heavy atom. The van der Waals surface area contributed by atoms with Gasteiger partial charge in [-0.25, -0.2) is 13.9 Å². The second-order valence-electron chi connectivity index (χ2n) is 9.90. The summed E-state index contributed by atoms with van der Waals surface area (Å²) in [5.41, 5.74) is 11.6. The summed E-state index contributed by atoms with van der Waals surface area (Å²) >= 11 is 0. The number of carbonyl (C=O) groups is 1. The molecule has 3 aromatic rings. The first-order valence-corrected chi connectivity index (χ1v) is 12.5. The monoisotopic (exact) mass is 541 g/mol. The molecular weight excluding hydrogens is 509 g/mol. The van der Waals surface area contributed by atoms with Gasteiger partial charge in [0.1, 0.15) is 42.0 Å². The molecule has 2 aromatic heterocycles. The summed E-state index contributed by atoms with van der Waals surface area (Å²) in [4.78, 5) is 16.8. The van der Waals surface area contributed by atoms with Gasteiger partial charge in [-0.2, -0.15) is 10.4 Å². The summed E-state index contributed by atoms with van der Waals surface area (Å²) in [7, 11) is 0. The van der Waals surface area contributed by atoms with Crippen LogP contribution in [0, 0.1) is 23.1 Å². The van der Waals surface area contributed by atoms with Crippen molar-refractivity contribution >= 4 is 17.3 Å². The van der Waals surface area contributed by atoms with E-state index in [1.54, 1.807) is 38.1 Å². The maximum absolute atomic E-state index is 13.2. The number of nitrogens with two attached hydrogens (primary N) is 2. The molecule has 1 fully saturated rings. The van der Waals surface area contributed by atoms with Crippen LogP contribution in [0.3, 0.4) is 0 Å². The number of nitriles is 1. The number of nitrogens with zero attached hydrogens (tertiary/aromatic N) is 4. The molecule has 12 nitrogen and oxygen atoms in total. The molecule has 39 heavy (non-hydrogen) atoms. The zero-order chi connectivity index (χ0) is 28.3. The molecule has 208 valence electrons. The third-order valence-electron chi connectivity index (χ3n) is 6.80. The number of aromatic nitrogens is 3. The topological polar surface area (TPSA) is 194 Å². The fourth-order valence-electron chi connectivity index (χ4n) is 4.51. The van der Waals surface area contributed by atoms with Crippen LogP contribution in [0.4, 0.5) is 10.2 Å². The van der Waals surface area contributed by atoms with Crippen LogP contribution in [0.5, 0.6) is 0 Å². The molecule has 1 saturated heterocycles. The minimum absolute atomic E-state index is 0.152. The van der Waals surface area contributed by atoms with Crippen LogP contribution in [0.1, 0.15) is 25.1 Å². The Kier molecular flexibility index (Phi) is 8.43. The number of benzene rings is 1. The van der Waals surface area contributed by atoms with Crippen molar-refractivity contribution < 1.29 is 28.9 Å². The van der Waals surface area contributed by atoms with Crippen LogP contribution < -0.4 is 16.8 Å². The van der Waals surface area contributed by atoms with Gasteiger partial charge in [0, 0.05) is 12.6 Å². The molecule has 1 aliphatic heterocycles. The summed E-state index contributed by atoms with van der Waals surface area (Å²) < 4.78 is 25.8. The summed E-state index contributed by atoms with van der Waals surface area (Å²) in [5, 5.41) is 38.7. The Labute approximate surface area is 224 Å². The van der Waals surface area contributed by atoms with Crippen molar-refractivity contribution in [3.8, 4) is 6.07 Å². The number of carbonyl (C=O) groups excluding carboxylic acids is 1. The number of esters is 1. The van der Waals surface area contributed by atoms with Gasteiger partial charge in [-0.15, -0.1) is 0 Å². The summed E-state index contributed by atoms with van der Waals surface area (Å²) in [6, 6.07) is 9.99. The summed E-state index contributed by atoms with van der Waals surface area (Å²) in [5.74, 6) is -0.920. The average Bonchev–Trinajstić information content (AvgIpc) is 3.48. The van der Waals surface area contributed by atoms with Crippen LogP contribution in [-0.4, -0.2) is 74.3 Å². The van der Waals surface area contributed by atoms with Crippen molar-refractivity contribution in [2.45, 2.75) is 56.3 Å². The molecule has 0 amide bonds. The third kappa shape index (κ3) is 5.56.